The summed E-state index contributed by atoms with van der Waals surface area (Å²) in [6.07, 6.45) is 4.04. The minimum absolute atomic E-state index is 0.167. The monoisotopic (exact) mass is 451 g/mol. The number of carbonyl (C=O) groups is 1. The molecule has 1 atom stereocenters. The first-order valence-corrected chi connectivity index (χ1v) is 12.1. The van der Waals surface area contributed by atoms with Crippen molar-refractivity contribution in [2.45, 2.75) is 38.0 Å². The number of benzene rings is 3. The van der Waals surface area contributed by atoms with Gasteiger partial charge in [0.05, 0.1) is 0 Å². The Bertz CT molecular complexity index is 1200. The number of likely N-dealkylation sites (tertiary alicyclic amines) is 1. The highest BCUT2D eigenvalue weighted by Gasteiger charge is 2.22. The van der Waals surface area contributed by atoms with Crippen LogP contribution in [0.5, 0.6) is 0 Å². The predicted molar refractivity (Wildman–Crippen MR) is 133 cm³/mol. The second-order valence-corrected chi connectivity index (χ2v) is 8.86. The molecule has 1 aromatic heterocycles. The summed E-state index contributed by atoms with van der Waals surface area (Å²) in [4.78, 5) is 14.9. The van der Waals surface area contributed by atoms with Gasteiger partial charge in [0, 0.05) is 31.5 Å². The van der Waals surface area contributed by atoms with Gasteiger partial charge in [-0.1, -0.05) is 72.8 Å². The Labute approximate surface area is 200 Å². The van der Waals surface area contributed by atoms with E-state index >= 15 is 0 Å². The molecule has 0 spiro atoms. The molecule has 0 bridgehead atoms. The number of aryl methyl sites for hydroxylation is 1. The van der Waals surface area contributed by atoms with Gasteiger partial charge in [-0.2, -0.15) is 0 Å². The van der Waals surface area contributed by atoms with Crippen LogP contribution in [0, 0.1) is 0 Å². The maximum Gasteiger partial charge on any atom is 0.247 e. The van der Waals surface area contributed by atoms with E-state index in [1.807, 2.05) is 35.2 Å². The van der Waals surface area contributed by atoms with Crippen LogP contribution in [-0.4, -0.2) is 34.1 Å². The molecule has 0 radical (unpaired) electrons. The van der Waals surface area contributed by atoms with Crippen LogP contribution in [0.25, 0.3) is 22.6 Å². The van der Waals surface area contributed by atoms with Crippen LogP contribution in [0.15, 0.2) is 89.3 Å². The topological polar surface area (TPSA) is 59.2 Å². The molecule has 1 saturated heterocycles. The quantitative estimate of drug-likeness (QED) is 0.354. The van der Waals surface area contributed by atoms with Crippen molar-refractivity contribution in [1.29, 1.82) is 0 Å². The molecular weight excluding hydrogens is 422 g/mol. The molecule has 172 valence electrons. The fourth-order valence-corrected chi connectivity index (χ4v) is 4.68. The van der Waals surface area contributed by atoms with Crippen molar-refractivity contribution in [2.24, 2.45) is 0 Å². The summed E-state index contributed by atoms with van der Waals surface area (Å²) in [5.74, 6) is 1.70. The van der Waals surface area contributed by atoms with Crippen molar-refractivity contribution in [1.82, 2.24) is 15.1 Å². The Morgan fingerprint density at radius 2 is 1.47 bits per heavy atom. The lowest BCUT2D eigenvalue weighted by Gasteiger charge is -2.20. The fraction of sp³-hybridized carbons (Fsp3) is 0.276. The van der Waals surface area contributed by atoms with E-state index in [1.54, 1.807) is 0 Å². The summed E-state index contributed by atoms with van der Waals surface area (Å²) in [6.45, 7) is 1.63. The van der Waals surface area contributed by atoms with E-state index in [2.05, 4.69) is 64.8 Å². The Hall–Kier alpha value is -3.73. The van der Waals surface area contributed by atoms with E-state index in [0.717, 1.165) is 43.5 Å². The Morgan fingerprint density at radius 3 is 2.24 bits per heavy atom. The molecule has 5 nitrogen and oxygen atoms in total. The summed E-state index contributed by atoms with van der Waals surface area (Å²) in [5, 5.41) is 8.37. The van der Waals surface area contributed by atoms with Crippen molar-refractivity contribution >= 4 is 5.91 Å². The van der Waals surface area contributed by atoms with Gasteiger partial charge in [-0.3, -0.25) is 4.79 Å². The van der Waals surface area contributed by atoms with Gasteiger partial charge < -0.3 is 9.32 Å². The van der Waals surface area contributed by atoms with E-state index < -0.39 is 0 Å². The minimum atomic E-state index is 0.167. The minimum Gasteiger partial charge on any atom is -0.421 e. The second kappa shape index (κ2) is 10.5. The van der Waals surface area contributed by atoms with Crippen LogP contribution < -0.4 is 0 Å². The van der Waals surface area contributed by atoms with Crippen LogP contribution >= 0.6 is 0 Å². The van der Waals surface area contributed by atoms with Crippen LogP contribution in [0.3, 0.4) is 0 Å². The number of hydrogen-bond donors (Lipinski definition) is 0. The first-order valence-electron chi connectivity index (χ1n) is 12.1. The van der Waals surface area contributed by atoms with Crippen LogP contribution in [-0.2, 0) is 11.2 Å². The number of aromatic nitrogens is 2. The average Bonchev–Trinajstić information content (AvgIpc) is 3.24. The van der Waals surface area contributed by atoms with Crippen LogP contribution in [0.2, 0.25) is 0 Å². The van der Waals surface area contributed by atoms with E-state index in [1.165, 1.54) is 11.1 Å². The van der Waals surface area contributed by atoms with Gasteiger partial charge in [0.1, 0.15) is 0 Å². The highest BCUT2D eigenvalue weighted by Crippen LogP contribution is 2.28. The normalized spacial score (nSPS) is 16.2. The molecular formula is C29H29N3O2. The molecule has 4 aromatic rings. The van der Waals surface area contributed by atoms with E-state index in [4.69, 9.17) is 4.42 Å². The highest BCUT2D eigenvalue weighted by molar-refractivity contribution is 5.76. The van der Waals surface area contributed by atoms with Gasteiger partial charge in [-0.15, -0.1) is 10.2 Å². The third-order valence-corrected chi connectivity index (χ3v) is 6.61. The lowest BCUT2D eigenvalue weighted by atomic mass is 9.92. The molecule has 1 aliphatic rings. The van der Waals surface area contributed by atoms with Crippen molar-refractivity contribution in [2.75, 3.05) is 13.1 Å². The van der Waals surface area contributed by atoms with E-state index in [-0.39, 0.29) is 5.91 Å². The van der Waals surface area contributed by atoms with E-state index in [9.17, 15) is 4.79 Å². The molecule has 0 saturated carbocycles. The third-order valence-electron chi connectivity index (χ3n) is 6.61. The van der Waals surface area contributed by atoms with Gasteiger partial charge in [0.2, 0.25) is 17.7 Å². The molecule has 3 aromatic carbocycles. The molecule has 0 N–H and O–H groups in total. The zero-order valence-electron chi connectivity index (χ0n) is 19.3. The molecule has 34 heavy (non-hydrogen) atoms. The molecule has 5 heteroatoms. The summed E-state index contributed by atoms with van der Waals surface area (Å²) < 4.78 is 5.86. The molecule has 1 unspecified atom stereocenters. The van der Waals surface area contributed by atoms with Gasteiger partial charge >= 0.3 is 0 Å². The van der Waals surface area contributed by atoms with Crippen molar-refractivity contribution < 1.29 is 9.21 Å². The molecule has 2 heterocycles. The molecule has 0 aliphatic carbocycles. The maximum absolute atomic E-state index is 12.9. The SMILES string of the molecule is O=C(CCc1nnc(-c2ccc(-c3ccccc3)cc2)o1)N1CCCC(c2ccccc2)CC1. The highest BCUT2D eigenvalue weighted by atomic mass is 16.4. The smallest absolute Gasteiger partial charge is 0.247 e. The summed E-state index contributed by atoms with van der Waals surface area (Å²) in [5.41, 5.74) is 4.57. The van der Waals surface area contributed by atoms with Crippen LogP contribution in [0.4, 0.5) is 0 Å². The standard InChI is InChI=1S/C29H29N3O2/c33-28(32-20-7-12-24(19-21-32)22-8-3-1-4-9-22)18-17-27-30-31-29(34-27)26-15-13-25(14-16-26)23-10-5-2-6-11-23/h1-6,8-11,13-16,24H,7,12,17-21H2. The zero-order valence-corrected chi connectivity index (χ0v) is 19.3. The zero-order chi connectivity index (χ0) is 23.2. The summed E-state index contributed by atoms with van der Waals surface area (Å²) >= 11 is 0. The number of hydrogen-bond acceptors (Lipinski definition) is 4. The Morgan fingerprint density at radius 1 is 0.794 bits per heavy atom. The molecule has 5 rings (SSSR count). The van der Waals surface area contributed by atoms with Gasteiger partial charge in [-0.25, -0.2) is 0 Å². The Balaban J connectivity index is 1.15. The van der Waals surface area contributed by atoms with Gasteiger partial charge in [0.25, 0.3) is 0 Å². The lowest BCUT2D eigenvalue weighted by molar-refractivity contribution is -0.131. The average molecular weight is 452 g/mol. The number of nitrogens with zero attached hydrogens (tertiary/aromatic N) is 3. The summed E-state index contributed by atoms with van der Waals surface area (Å²) in [7, 11) is 0. The Kier molecular flexibility index (Phi) is 6.80. The van der Waals surface area contributed by atoms with Crippen molar-refractivity contribution in [3.63, 3.8) is 0 Å². The third kappa shape index (κ3) is 5.25. The number of carbonyl (C=O) groups excluding carboxylic acids is 1. The number of rotatable bonds is 6. The predicted octanol–water partition coefficient (Wildman–Crippen LogP) is 6.13. The van der Waals surface area contributed by atoms with Crippen molar-refractivity contribution in [3.05, 3.63) is 96.4 Å². The fourth-order valence-electron chi connectivity index (χ4n) is 4.68. The first kappa shape index (κ1) is 22.1. The van der Waals surface area contributed by atoms with Crippen LogP contribution in [0.1, 0.15) is 43.1 Å². The summed E-state index contributed by atoms with van der Waals surface area (Å²) in [6, 6.07) is 29.0. The second-order valence-electron chi connectivity index (χ2n) is 8.86. The number of amides is 1. The molecule has 1 amide bonds. The van der Waals surface area contributed by atoms with Gasteiger partial charge in [0.15, 0.2) is 0 Å². The van der Waals surface area contributed by atoms with Gasteiger partial charge in [-0.05, 0) is 54.0 Å². The lowest BCUT2D eigenvalue weighted by Crippen LogP contribution is -2.32. The van der Waals surface area contributed by atoms with E-state index in [0.29, 0.717) is 30.5 Å². The molecule has 1 fully saturated rings. The largest absolute Gasteiger partial charge is 0.421 e. The first-order chi connectivity index (χ1) is 16.8. The molecule has 1 aliphatic heterocycles. The maximum atomic E-state index is 12.9. The van der Waals surface area contributed by atoms with Crippen molar-refractivity contribution in [3.8, 4) is 22.6 Å².